The van der Waals surface area contributed by atoms with E-state index in [1.165, 1.54) is 22.5 Å². The van der Waals surface area contributed by atoms with E-state index < -0.39 is 5.97 Å². The van der Waals surface area contributed by atoms with Crippen LogP contribution < -0.4 is 5.32 Å². The van der Waals surface area contributed by atoms with Crippen LogP contribution in [0, 0.1) is 0 Å². The summed E-state index contributed by atoms with van der Waals surface area (Å²) in [6.07, 6.45) is 0. The summed E-state index contributed by atoms with van der Waals surface area (Å²) < 4.78 is 5.17. The summed E-state index contributed by atoms with van der Waals surface area (Å²) in [5.41, 5.74) is 2.37. The van der Waals surface area contributed by atoms with Crippen LogP contribution in [0.4, 0.5) is 0 Å². The summed E-state index contributed by atoms with van der Waals surface area (Å²) in [5.74, 6) is -0.869. The maximum Gasteiger partial charge on any atom is 0.345 e. The molecule has 0 saturated heterocycles. The number of benzene rings is 1. The number of carbonyl (C=O) groups is 1. The minimum absolute atomic E-state index is 0.376. The second-order valence-electron chi connectivity index (χ2n) is 4.38. The highest BCUT2D eigenvalue weighted by molar-refractivity contribution is 7.13. The van der Waals surface area contributed by atoms with E-state index in [4.69, 9.17) is 9.84 Å². The van der Waals surface area contributed by atoms with Crippen LogP contribution in [0.5, 0.6) is 0 Å². The fraction of sp³-hybridized carbons (Fsp3) is 0.267. The van der Waals surface area contributed by atoms with Crippen LogP contribution in [0.25, 0.3) is 0 Å². The Bertz CT molecular complexity index is 580. The van der Waals surface area contributed by atoms with Gasteiger partial charge in [0.25, 0.3) is 0 Å². The summed E-state index contributed by atoms with van der Waals surface area (Å²) in [6.45, 7) is 2.00. The van der Waals surface area contributed by atoms with Gasteiger partial charge in [0.2, 0.25) is 0 Å². The average molecular weight is 291 g/mol. The average Bonchev–Trinajstić information content (AvgIpc) is 2.90. The molecule has 1 aromatic carbocycles. The lowest BCUT2D eigenvalue weighted by Gasteiger charge is -2.09. The fourth-order valence-corrected chi connectivity index (χ4v) is 2.75. The van der Waals surface area contributed by atoms with Crippen molar-refractivity contribution in [2.24, 2.45) is 0 Å². The second kappa shape index (κ2) is 7.19. The van der Waals surface area contributed by atoms with Crippen molar-refractivity contribution in [3.63, 3.8) is 0 Å². The van der Waals surface area contributed by atoms with Crippen LogP contribution in [0.3, 0.4) is 0 Å². The van der Waals surface area contributed by atoms with E-state index in [-0.39, 0.29) is 0 Å². The number of nitrogens with one attached hydrogen (secondary N) is 1. The zero-order valence-electron chi connectivity index (χ0n) is 11.3. The lowest BCUT2D eigenvalue weighted by atomic mass is 10.1. The Kier molecular flexibility index (Phi) is 5.29. The molecule has 106 valence electrons. The summed E-state index contributed by atoms with van der Waals surface area (Å²) in [6, 6.07) is 11.6. The molecular weight excluding hydrogens is 274 g/mol. The number of carboxylic acid groups (broad SMARTS) is 1. The second-order valence-corrected chi connectivity index (χ2v) is 5.54. The van der Waals surface area contributed by atoms with E-state index in [1.807, 2.05) is 24.3 Å². The van der Waals surface area contributed by atoms with Gasteiger partial charge in [0.15, 0.2) is 0 Å². The Hall–Kier alpha value is -1.69. The molecule has 1 aromatic heterocycles. The molecule has 0 unspecified atom stereocenters. The molecule has 0 aliphatic carbocycles. The van der Waals surface area contributed by atoms with Gasteiger partial charge in [0.1, 0.15) is 4.88 Å². The minimum atomic E-state index is -0.869. The highest BCUT2D eigenvalue weighted by Crippen LogP contribution is 2.16. The molecule has 0 radical (unpaired) electrons. The topological polar surface area (TPSA) is 58.6 Å². The number of aromatic carboxylic acids is 1. The maximum absolute atomic E-state index is 10.8. The predicted octanol–water partition coefficient (Wildman–Crippen LogP) is 2.88. The Morgan fingerprint density at radius 2 is 1.95 bits per heavy atom. The molecule has 0 saturated carbocycles. The van der Waals surface area contributed by atoms with Crippen molar-refractivity contribution in [3.05, 3.63) is 57.3 Å². The number of rotatable bonds is 7. The molecule has 2 rings (SSSR count). The molecule has 0 amide bonds. The van der Waals surface area contributed by atoms with Gasteiger partial charge in [0, 0.05) is 25.1 Å². The van der Waals surface area contributed by atoms with Gasteiger partial charge in [-0.15, -0.1) is 11.3 Å². The largest absolute Gasteiger partial charge is 0.477 e. The maximum atomic E-state index is 10.8. The molecule has 20 heavy (non-hydrogen) atoms. The molecule has 2 N–H and O–H groups in total. The summed E-state index contributed by atoms with van der Waals surface area (Å²) in [4.78, 5) is 12.2. The minimum Gasteiger partial charge on any atom is -0.477 e. The van der Waals surface area contributed by atoms with E-state index in [1.54, 1.807) is 13.2 Å². The Morgan fingerprint density at radius 1 is 1.20 bits per heavy atom. The molecule has 0 fully saturated rings. The van der Waals surface area contributed by atoms with Crippen LogP contribution in [0.1, 0.15) is 25.7 Å². The Balaban J connectivity index is 1.90. The first kappa shape index (κ1) is 14.7. The van der Waals surface area contributed by atoms with E-state index >= 15 is 0 Å². The number of ether oxygens (including phenoxy) is 1. The Morgan fingerprint density at radius 3 is 2.60 bits per heavy atom. The summed E-state index contributed by atoms with van der Waals surface area (Å²) in [7, 11) is 1.68. The lowest BCUT2D eigenvalue weighted by molar-refractivity contribution is 0.0702. The monoisotopic (exact) mass is 291 g/mol. The van der Waals surface area contributed by atoms with Gasteiger partial charge < -0.3 is 15.2 Å². The van der Waals surface area contributed by atoms with Gasteiger partial charge in [0.05, 0.1) is 6.61 Å². The van der Waals surface area contributed by atoms with Crippen molar-refractivity contribution in [3.8, 4) is 0 Å². The van der Waals surface area contributed by atoms with Gasteiger partial charge in [-0.1, -0.05) is 24.3 Å². The predicted molar refractivity (Wildman–Crippen MR) is 79.0 cm³/mol. The first-order valence-electron chi connectivity index (χ1n) is 6.29. The molecule has 2 aromatic rings. The van der Waals surface area contributed by atoms with E-state index in [0.29, 0.717) is 18.0 Å². The van der Waals surface area contributed by atoms with Crippen molar-refractivity contribution in [2.75, 3.05) is 7.11 Å². The SMILES string of the molecule is COCc1ccccc1CNCc1ccc(C(=O)O)s1. The van der Waals surface area contributed by atoms with Crippen molar-refractivity contribution in [2.45, 2.75) is 19.7 Å². The van der Waals surface area contributed by atoms with E-state index in [2.05, 4.69) is 11.4 Å². The van der Waals surface area contributed by atoms with Gasteiger partial charge >= 0.3 is 5.97 Å². The fourth-order valence-electron chi connectivity index (χ4n) is 1.93. The number of methoxy groups -OCH3 is 1. The standard InChI is InChI=1S/C15H17NO3S/c1-19-10-12-5-3-2-4-11(12)8-16-9-13-6-7-14(20-13)15(17)18/h2-7,16H,8-10H2,1H3,(H,17,18). The van der Waals surface area contributed by atoms with Gasteiger partial charge in [-0.2, -0.15) is 0 Å². The first-order chi connectivity index (χ1) is 9.70. The normalized spacial score (nSPS) is 10.7. The molecule has 0 aliphatic heterocycles. The number of hydrogen-bond donors (Lipinski definition) is 2. The molecule has 0 aliphatic rings. The summed E-state index contributed by atoms with van der Waals surface area (Å²) in [5, 5.41) is 12.2. The molecule has 0 atom stereocenters. The van der Waals surface area contributed by atoms with Crippen LogP contribution in [-0.2, 0) is 24.4 Å². The van der Waals surface area contributed by atoms with Crippen molar-refractivity contribution >= 4 is 17.3 Å². The highest BCUT2D eigenvalue weighted by Gasteiger charge is 2.07. The Labute approximate surface area is 122 Å². The molecule has 1 heterocycles. The quantitative estimate of drug-likeness (QED) is 0.823. The zero-order valence-corrected chi connectivity index (χ0v) is 12.1. The van der Waals surface area contributed by atoms with Gasteiger partial charge in [-0.05, 0) is 23.3 Å². The molecule has 5 heteroatoms. The van der Waals surface area contributed by atoms with Crippen LogP contribution in [0.15, 0.2) is 36.4 Å². The van der Waals surface area contributed by atoms with Crippen LogP contribution in [0.2, 0.25) is 0 Å². The number of carboxylic acids is 1. The van der Waals surface area contributed by atoms with Gasteiger partial charge in [-0.3, -0.25) is 0 Å². The third-order valence-corrected chi connectivity index (χ3v) is 3.98. The van der Waals surface area contributed by atoms with Gasteiger partial charge in [-0.25, -0.2) is 4.79 Å². The molecule has 4 nitrogen and oxygen atoms in total. The third-order valence-electron chi connectivity index (χ3n) is 2.91. The lowest BCUT2D eigenvalue weighted by Crippen LogP contribution is -2.13. The van der Waals surface area contributed by atoms with E-state index in [0.717, 1.165) is 11.4 Å². The third kappa shape index (κ3) is 3.90. The van der Waals surface area contributed by atoms with E-state index in [9.17, 15) is 4.79 Å². The number of hydrogen-bond acceptors (Lipinski definition) is 4. The first-order valence-corrected chi connectivity index (χ1v) is 7.11. The van der Waals surface area contributed by atoms with Crippen LogP contribution >= 0.6 is 11.3 Å². The highest BCUT2D eigenvalue weighted by atomic mass is 32.1. The molecule has 0 spiro atoms. The number of thiophene rings is 1. The molecular formula is C15H17NO3S. The van der Waals surface area contributed by atoms with Crippen molar-refractivity contribution < 1.29 is 14.6 Å². The van der Waals surface area contributed by atoms with Crippen molar-refractivity contribution in [1.82, 2.24) is 5.32 Å². The molecule has 0 bridgehead atoms. The zero-order chi connectivity index (χ0) is 14.4. The smallest absolute Gasteiger partial charge is 0.345 e. The van der Waals surface area contributed by atoms with Crippen molar-refractivity contribution in [1.29, 1.82) is 0 Å². The summed E-state index contributed by atoms with van der Waals surface area (Å²) >= 11 is 1.30. The van der Waals surface area contributed by atoms with Crippen LogP contribution in [-0.4, -0.2) is 18.2 Å².